The third-order valence-corrected chi connectivity index (χ3v) is 3.99. The molecule has 2 fully saturated rings. The molecular weight excluding hydrogens is 304 g/mol. The first-order valence-corrected chi connectivity index (χ1v) is 7.36. The third-order valence-electron chi connectivity index (χ3n) is 3.99. The Morgan fingerprint density at radius 2 is 2.13 bits per heavy atom. The normalized spacial score (nSPS) is 37.4. The molecule has 5 atom stereocenters. The van der Waals surface area contributed by atoms with Gasteiger partial charge in [-0.05, 0) is 20.8 Å². The van der Waals surface area contributed by atoms with Crippen molar-refractivity contribution in [2.45, 2.75) is 69.6 Å². The Balaban J connectivity index is 1.79. The standard InChI is InChI=1S/C14H18N4O5/c1-7(19)22-14(6-15)5-8-10-9(11(14)21-8)16-17-18(10)12(20)23-13(2,3)4/h8-11H,5H2,1-4H3/t8-,9-,10+,11-,14+/m0/s1. The molecule has 3 aliphatic rings. The lowest BCUT2D eigenvalue weighted by Crippen LogP contribution is -2.56. The first-order chi connectivity index (χ1) is 10.7. The summed E-state index contributed by atoms with van der Waals surface area (Å²) in [4.78, 5) is 23.5. The number of hydrogen-bond acceptors (Lipinski definition) is 8. The topological polar surface area (TPSA) is 114 Å². The molecule has 3 heterocycles. The Labute approximate surface area is 133 Å². The molecule has 2 saturated heterocycles. The fourth-order valence-corrected chi connectivity index (χ4v) is 3.28. The van der Waals surface area contributed by atoms with Crippen LogP contribution in [0.2, 0.25) is 0 Å². The summed E-state index contributed by atoms with van der Waals surface area (Å²) in [5.74, 6) is -0.557. The van der Waals surface area contributed by atoms with Crippen LogP contribution in [-0.4, -0.2) is 52.6 Å². The minimum Gasteiger partial charge on any atom is -0.442 e. The molecule has 124 valence electrons. The minimum atomic E-state index is -1.37. The number of ether oxygens (including phenoxy) is 3. The number of rotatable bonds is 1. The molecule has 0 radical (unpaired) electrons. The maximum absolute atomic E-state index is 12.2. The van der Waals surface area contributed by atoms with E-state index >= 15 is 0 Å². The van der Waals surface area contributed by atoms with E-state index in [2.05, 4.69) is 10.3 Å². The molecule has 23 heavy (non-hydrogen) atoms. The number of nitriles is 1. The Hall–Kier alpha value is -2.21. The molecule has 9 nitrogen and oxygen atoms in total. The first-order valence-electron chi connectivity index (χ1n) is 7.36. The van der Waals surface area contributed by atoms with Crippen LogP contribution in [0.1, 0.15) is 34.1 Å². The van der Waals surface area contributed by atoms with Gasteiger partial charge in [0.15, 0.2) is 0 Å². The van der Waals surface area contributed by atoms with Crippen molar-refractivity contribution in [2.24, 2.45) is 10.3 Å². The van der Waals surface area contributed by atoms with Gasteiger partial charge in [-0.3, -0.25) is 4.79 Å². The maximum Gasteiger partial charge on any atom is 0.432 e. The fourth-order valence-electron chi connectivity index (χ4n) is 3.28. The van der Waals surface area contributed by atoms with Gasteiger partial charge < -0.3 is 14.2 Å². The summed E-state index contributed by atoms with van der Waals surface area (Å²) in [7, 11) is 0. The highest BCUT2D eigenvalue weighted by atomic mass is 16.6. The van der Waals surface area contributed by atoms with Crippen LogP contribution in [0.4, 0.5) is 4.79 Å². The smallest absolute Gasteiger partial charge is 0.432 e. The molecule has 3 rings (SSSR count). The second-order valence-corrected chi connectivity index (χ2v) is 6.91. The Morgan fingerprint density at radius 1 is 1.43 bits per heavy atom. The summed E-state index contributed by atoms with van der Waals surface area (Å²) < 4.78 is 16.3. The van der Waals surface area contributed by atoms with E-state index in [1.807, 2.05) is 6.07 Å². The van der Waals surface area contributed by atoms with Crippen molar-refractivity contribution in [2.75, 3.05) is 0 Å². The van der Waals surface area contributed by atoms with Gasteiger partial charge in [-0.2, -0.15) is 15.4 Å². The van der Waals surface area contributed by atoms with E-state index in [9.17, 15) is 14.9 Å². The fraction of sp³-hybridized carbons (Fsp3) is 0.786. The van der Waals surface area contributed by atoms with E-state index < -0.39 is 47.6 Å². The van der Waals surface area contributed by atoms with Gasteiger partial charge >= 0.3 is 12.1 Å². The van der Waals surface area contributed by atoms with Crippen molar-refractivity contribution in [3.8, 4) is 6.07 Å². The molecular formula is C14H18N4O5. The molecule has 0 unspecified atom stereocenters. The van der Waals surface area contributed by atoms with Gasteiger partial charge in [0.25, 0.3) is 0 Å². The zero-order valence-electron chi connectivity index (χ0n) is 13.3. The predicted molar refractivity (Wildman–Crippen MR) is 73.9 cm³/mol. The van der Waals surface area contributed by atoms with Crippen LogP contribution in [0.25, 0.3) is 0 Å². The molecule has 2 bridgehead atoms. The van der Waals surface area contributed by atoms with E-state index in [4.69, 9.17) is 14.2 Å². The summed E-state index contributed by atoms with van der Waals surface area (Å²) in [6.45, 7) is 6.52. The molecule has 0 N–H and O–H groups in total. The number of nitrogens with zero attached hydrogens (tertiary/aromatic N) is 4. The summed E-state index contributed by atoms with van der Waals surface area (Å²) in [6.07, 6.45) is -1.65. The first kappa shape index (κ1) is 15.7. The lowest BCUT2D eigenvalue weighted by molar-refractivity contribution is -0.156. The summed E-state index contributed by atoms with van der Waals surface area (Å²) in [6, 6.07) is 1.05. The van der Waals surface area contributed by atoms with Gasteiger partial charge in [-0.1, -0.05) is 5.22 Å². The van der Waals surface area contributed by atoms with E-state index in [-0.39, 0.29) is 6.42 Å². The second-order valence-electron chi connectivity index (χ2n) is 6.91. The van der Waals surface area contributed by atoms with Crippen LogP contribution in [0.15, 0.2) is 10.3 Å². The van der Waals surface area contributed by atoms with Crippen LogP contribution in [-0.2, 0) is 19.0 Å². The van der Waals surface area contributed by atoms with E-state index in [0.29, 0.717) is 0 Å². The van der Waals surface area contributed by atoms with Crippen LogP contribution in [0.5, 0.6) is 0 Å². The molecule has 0 aromatic heterocycles. The molecule has 0 aromatic carbocycles. The largest absolute Gasteiger partial charge is 0.442 e. The van der Waals surface area contributed by atoms with E-state index in [1.54, 1.807) is 20.8 Å². The highest BCUT2D eigenvalue weighted by molar-refractivity contribution is 5.69. The van der Waals surface area contributed by atoms with Crippen LogP contribution < -0.4 is 0 Å². The van der Waals surface area contributed by atoms with Crippen molar-refractivity contribution < 1.29 is 23.8 Å². The van der Waals surface area contributed by atoms with Crippen molar-refractivity contribution in [1.29, 1.82) is 5.26 Å². The summed E-state index contributed by atoms with van der Waals surface area (Å²) >= 11 is 0. The Morgan fingerprint density at radius 3 is 2.70 bits per heavy atom. The number of hydrogen-bond donors (Lipinski definition) is 0. The Kier molecular flexibility index (Phi) is 3.33. The summed E-state index contributed by atoms with van der Waals surface area (Å²) in [5, 5.41) is 18.5. The van der Waals surface area contributed by atoms with Gasteiger partial charge in [-0.15, -0.1) is 0 Å². The minimum absolute atomic E-state index is 0.180. The second kappa shape index (κ2) is 4.89. The molecule has 0 spiro atoms. The van der Waals surface area contributed by atoms with Gasteiger partial charge in [0, 0.05) is 13.3 Å². The lowest BCUT2D eigenvalue weighted by Gasteiger charge is -2.33. The quantitative estimate of drug-likeness (QED) is 0.673. The average molecular weight is 322 g/mol. The molecule has 0 aliphatic carbocycles. The number of amides is 1. The van der Waals surface area contributed by atoms with E-state index in [0.717, 1.165) is 5.01 Å². The van der Waals surface area contributed by atoms with Crippen molar-refractivity contribution in [3.63, 3.8) is 0 Å². The van der Waals surface area contributed by atoms with Crippen molar-refractivity contribution in [1.82, 2.24) is 5.01 Å². The zero-order chi connectivity index (χ0) is 17.0. The highest BCUT2D eigenvalue weighted by Crippen LogP contribution is 2.49. The maximum atomic E-state index is 12.2. The molecule has 1 amide bonds. The van der Waals surface area contributed by atoms with Crippen molar-refractivity contribution in [3.05, 3.63) is 0 Å². The van der Waals surface area contributed by atoms with E-state index in [1.165, 1.54) is 6.92 Å². The Bertz CT molecular complexity index is 622. The number of fused-ring (bicyclic) bond motifs is 5. The van der Waals surface area contributed by atoms with Crippen molar-refractivity contribution >= 4 is 12.1 Å². The number of carbonyl (C=O) groups is 2. The van der Waals surface area contributed by atoms with Gasteiger partial charge in [-0.25, -0.2) is 4.79 Å². The molecule has 9 heteroatoms. The van der Waals surface area contributed by atoms with Gasteiger partial charge in [0.05, 0.1) is 6.10 Å². The number of esters is 1. The SMILES string of the molecule is CC(=O)O[C@@]1(C#N)C[C@@H]2O[C@H]1[C@H]1N=NN(C(=O)OC(C)(C)C)[C@@H]12. The van der Waals surface area contributed by atoms with Crippen LogP contribution in [0.3, 0.4) is 0 Å². The number of carbonyl (C=O) groups excluding carboxylic acids is 2. The lowest BCUT2D eigenvalue weighted by atomic mass is 9.80. The van der Waals surface area contributed by atoms with Gasteiger partial charge in [0.2, 0.25) is 5.60 Å². The average Bonchev–Trinajstić information content (AvgIpc) is 3.04. The highest BCUT2D eigenvalue weighted by Gasteiger charge is 2.69. The third kappa shape index (κ3) is 2.43. The van der Waals surface area contributed by atoms with Crippen LogP contribution >= 0.6 is 0 Å². The predicted octanol–water partition coefficient (Wildman–Crippen LogP) is 1.34. The van der Waals surface area contributed by atoms with Crippen LogP contribution in [0, 0.1) is 11.3 Å². The molecule has 3 aliphatic heterocycles. The monoisotopic (exact) mass is 322 g/mol. The van der Waals surface area contributed by atoms with Gasteiger partial charge in [0.1, 0.15) is 29.9 Å². The molecule has 0 saturated carbocycles. The molecule has 0 aromatic rings. The zero-order valence-corrected chi connectivity index (χ0v) is 13.3. The summed E-state index contributed by atoms with van der Waals surface area (Å²) in [5.41, 5.74) is -2.03.